The topological polar surface area (TPSA) is 21.3 Å². The molecule has 0 aliphatic rings. The van der Waals surface area contributed by atoms with E-state index in [-0.39, 0.29) is 0 Å². The fourth-order valence-corrected chi connectivity index (χ4v) is 3.25. The molecule has 0 atom stereocenters. The van der Waals surface area contributed by atoms with Crippen molar-refractivity contribution in [1.29, 1.82) is 0 Å². The van der Waals surface area contributed by atoms with E-state index in [9.17, 15) is 0 Å². The molecule has 0 aliphatic carbocycles. The van der Waals surface area contributed by atoms with E-state index in [1.165, 1.54) is 19.8 Å². The molecule has 2 rings (SSSR count). The van der Waals surface area contributed by atoms with Crippen molar-refractivity contribution in [1.82, 2.24) is 5.32 Å². The molecule has 0 radical (unpaired) electrons. The third-order valence-electron chi connectivity index (χ3n) is 2.70. The molecular weight excluding hydrogens is 310 g/mol. The van der Waals surface area contributed by atoms with Crippen LogP contribution in [-0.2, 0) is 13.1 Å². The molecule has 0 bridgehead atoms. The lowest BCUT2D eigenvalue weighted by Crippen LogP contribution is -2.11. The summed E-state index contributed by atoms with van der Waals surface area (Å²) in [5.74, 6) is 0.900. The van der Waals surface area contributed by atoms with Crippen molar-refractivity contribution in [3.8, 4) is 5.75 Å². The molecule has 4 heteroatoms. The van der Waals surface area contributed by atoms with Crippen LogP contribution in [-0.4, -0.2) is 7.11 Å². The smallest absolute Gasteiger partial charge is 0.118 e. The van der Waals surface area contributed by atoms with Gasteiger partial charge in [-0.15, -0.1) is 11.3 Å². The Morgan fingerprint density at radius 2 is 1.94 bits per heavy atom. The second-order valence-electron chi connectivity index (χ2n) is 4.07. The lowest BCUT2D eigenvalue weighted by molar-refractivity contribution is 0.414. The Kier molecular flexibility index (Phi) is 4.80. The second kappa shape index (κ2) is 6.36. The van der Waals surface area contributed by atoms with Gasteiger partial charge in [-0.05, 0) is 46.6 Å². The highest BCUT2D eigenvalue weighted by Gasteiger charge is 2.02. The predicted octanol–water partition coefficient (Wildman–Crippen LogP) is 4.12. The maximum atomic E-state index is 5.13. The Bertz CT molecular complexity index is 488. The van der Waals surface area contributed by atoms with E-state index < -0.39 is 0 Å². The normalized spacial score (nSPS) is 10.6. The van der Waals surface area contributed by atoms with Crippen molar-refractivity contribution in [3.63, 3.8) is 0 Å². The van der Waals surface area contributed by atoms with Crippen molar-refractivity contribution in [2.24, 2.45) is 0 Å². The SMILES string of the molecule is COc1ccc(CNCc2cc(Br)c(C)s2)cc1. The molecule has 1 aromatic carbocycles. The number of methoxy groups -OCH3 is 1. The quantitative estimate of drug-likeness (QED) is 0.892. The van der Waals surface area contributed by atoms with Gasteiger partial charge < -0.3 is 10.1 Å². The largest absolute Gasteiger partial charge is 0.497 e. The average Bonchev–Trinajstić information content (AvgIpc) is 2.69. The van der Waals surface area contributed by atoms with Crippen molar-refractivity contribution >= 4 is 27.3 Å². The third kappa shape index (κ3) is 3.57. The van der Waals surface area contributed by atoms with Gasteiger partial charge in [0.05, 0.1) is 7.11 Å². The number of thiophene rings is 1. The second-order valence-corrected chi connectivity index (χ2v) is 6.26. The first kappa shape index (κ1) is 13.6. The lowest BCUT2D eigenvalue weighted by Gasteiger charge is -2.04. The van der Waals surface area contributed by atoms with Crippen molar-refractivity contribution in [2.75, 3.05) is 7.11 Å². The monoisotopic (exact) mass is 325 g/mol. The minimum absolute atomic E-state index is 0.874. The first-order chi connectivity index (χ1) is 8.69. The highest BCUT2D eigenvalue weighted by molar-refractivity contribution is 9.10. The van der Waals surface area contributed by atoms with Gasteiger partial charge in [-0.3, -0.25) is 0 Å². The number of rotatable bonds is 5. The van der Waals surface area contributed by atoms with E-state index >= 15 is 0 Å². The summed E-state index contributed by atoms with van der Waals surface area (Å²) in [4.78, 5) is 2.68. The summed E-state index contributed by atoms with van der Waals surface area (Å²) < 4.78 is 6.34. The Labute approximate surface area is 120 Å². The molecule has 1 heterocycles. The fraction of sp³-hybridized carbons (Fsp3) is 0.286. The highest BCUT2D eigenvalue weighted by atomic mass is 79.9. The number of ether oxygens (including phenoxy) is 1. The molecule has 0 amide bonds. The molecule has 0 spiro atoms. The summed E-state index contributed by atoms with van der Waals surface area (Å²) in [5, 5.41) is 3.44. The van der Waals surface area contributed by atoms with E-state index in [0.717, 1.165) is 18.8 Å². The Hall–Kier alpha value is -0.840. The Balaban J connectivity index is 1.84. The summed E-state index contributed by atoms with van der Waals surface area (Å²) in [6.07, 6.45) is 0. The molecule has 0 aliphatic heterocycles. The van der Waals surface area contributed by atoms with Crippen molar-refractivity contribution < 1.29 is 4.74 Å². The van der Waals surface area contributed by atoms with E-state index in [1.54, 1.807) is 7.11 Å². The predicted molar refractivity (Wildman–Crippen MR) is 80.3 cm³/mol. The summed E-state index contributed by atoms with van der Waals surface area (Å²) in [6, 6.07) is 10.3. The Morgan fingerprint density at radius 1 is 1.22 bits per heavy atom. The maximum Gasteiger partial charge on any atom is 0.118 e. The van der Waals surface area contributed by atoms with Gasteiger partial charge in [0.2, 0.25) is 0 Å². The number of hydrogen-bond donors (Lipinski definition) is 1. The standard InChI is InChI=1S/C14H16BrNOS/c1-10-14(15)7-13(18-10)9-16-8-11-3-5-12(17-2)6-4-11/h3-7,16H,8-9H2,1-2H3. The van der Waals surface area contributed by atoms with Crippen LogP contribution >= 0.6 is 27.3 Å². The first-order valence-electron chi connectivity index (χ1n) is 5.77. The van der Waals surface area contributed by atoms with Gasteiger partial charge in [0.25, 0.3) is 0 Å². The van der Waals surface area contributed by atoms with Crippen molar-refractivity contribution in [3.05, 3.63) is 50.1 Å². The number of nitrogens with one attached hydrogen (secondary N) is 1. The molecule has 0 saturated heterocycles. The van der Waals surface area contributed by atoms with Gasteiger partial charge in [0, 0.05) is 27.3 Å². The van der Waals surface area contributed by atoms with Gasteiger partial charge in [-0.2, -0.15) is 0 Å². The van der Waals surface area contributed by atoms with Crippen LogP contribution in [0.3, 0.4) is 0 Å². The molecule has 18 heavy (non-hydrogen) atoms. The van der Waals surface area contributed by atoms with Crippen LogP contribution in [0.15, 0.2) is 34.8 Å². The van der Waals surface area contributed by atoms with E-state index in [0.29, 0.717) is 0 Å². The number of hydrogen-bond acceptors (Lipinski definition) is 3. The van der Waals surface area contributed by atoms with Crippen LogP contribution in [0.5, 0.6) is 5.75 Å². The molecule has 2 aromatic rings. The lowest BCUT2D eigenvalue weighted by atomic mass is 10.2. The molecule has 0 unspecified atom stereocenters. The van der Waals surface area contributed by atoms with Crippen LogP contribution in [0.1, 0.15) is 15.3 Å². The van der Waals surface area contributed by atoms with Gasteiger partial charge in [-0.1, -0.05) is 12.1 Å². The molecule has 2 nitrogen and oxygen atoms in total. The molecule has 1 N–H and O–H groups in total. The molecule has 0 fully saturated rings. The van der Waals surface area contributed by atoms with Crippen LogP contribution in [0, 0.1) is 6.92 Å². The van der Waals surface area contributed by atoms with Crippen molar-refractivity contribution in [2.45, 2.75) is 20.0 Å². The number of benzene rings is 1. The maximum absolute atomic E-state index is 5.13. The van der Waals surface area contributed by atoms with E-state index in [4.69, 9.17) is 4.74 Å². The first-order valence-corrected chi connectivity index (χ1v) is 7.38. The summed E-state index contributed by atoms with van der Waals surface area (Å²) in [6.45, 7) is 3.91. The van der Waals surface area contributed by atoms with Crippen LogP contribution in [0.2, 0.25) is 0 Å². The third-order valence-corrected chi connectivity index (χ3v) is 4.83. The zero-order valence-electron chi connectivity index (χ0n) is 10.5. The van der Waals surface area contributed by atoms with Gasteiger partial charge in [0.15, 0.2) is 0 Å². The molecule has 0 saturated carbocycles. The molecule has 96 valence electrons. The summed E-state index contributed by atoms with van der Waals surface area (Å²) in [5.41, 5.74) is 1.27. The van der Waals surface area contributed by atoms with Gasteiger partial charge in [-0.25, -0.2) is 0 Å². The number of halogens is 1. The van der Waals surface area contributed by atoms with Gasteiger partial charge in [0.1, 0.15) is 5.75 Å². The van der Waals surface area contributed by atoms with Crippen LogP contribution < -0.4 is 10.1 Å². The van der Waals surface area contributed by atoms with Crippen LogP contribution in [0.4, 0.5) is 0 Å². The van der Waals surface area contributed by atoms with Crippen LogP contribution in [0.25, 0.3) is 0 Å². The summed E-state index contributed by atoms with van der Waals surface area (Å²) >= 11 is 5.36. The minimum Gasteiger partial charge on any atom is -0.497 e. The molecule has 1 aromatic heterocycles. The molecular formula is C14H16BrNOS. The Morgan fingerprint density at radius 3 is 2.50 bits per heavy atom. The van der Waals surface area contributed by atoms with Gasteiger partial charge >= 0.3 is 0 Å². The summed E-state index contributed by atoms with van der Waals surface area (Å²) in [7, 11) is 1.68. The van der Waals surface area contributed by atoms with E-state index in [2.05, 4.69) is 46.4 Å². The minimum atomic E-state index is 0.874. The zero-order valence-corrected chi connectivity index (χ0v) is 12.9. The highest BCUT2D eigenvalue weighted by Crippen LogP contribution is 2.26. The zero-order chi connectivity index (χ0) is 13.0. The average molecular weight is 326 g/mol. The fourth-order valence-electron chi connectivity index (χ4n) is 1.68. The van der Waals surface area contributed by atoms with E-state index in [1.807, 2.05) is 23.5 Å². The number of aryl methyl sites for hydroxylation is 1.